The summed E-state index contributed by atoms with van der Waals surface area (Å²) in [6.45, 7) is 2.38. The standard InChI is InChI=1S/C17H17ClFNO/c1-2-13-7-9-14(10-8-13)12-20(17(21)11-18)16-6-4-3-5-15(16)19/h3-10H,2,11-12H2,1H3. The maximum atomic E-state index is 13.9. The van der Waals surface area contributed by atoms with E-state index in [1.54, 1.807) is 18.2 Å². The number of hydrogen-bond acceptors (Lipinski definition) is 1. The number of carbonyl (C=O) groups is 1. The molecule has 0 saturated heterocycles. The van der Waals surface area contributed by atoms with E-state index in [-0.39, 0.29) is 17.5 Å². The molecule has 0 saturated carbocycles. The van der Waals surface area contributed by atoms with Crippen LogP contribution in [0.4, 0.5) is 10.1 Å². The van der Waals surface area contributed by atoms with E-state index in [2.05, 4.69) is 6.92 Å². The van der Waals surface area contributed by atoms with E-state index in [0.29, 0.717) is 6.54 Å². The summed E-state index contributed by atoms with van der Waals surface area (Å²) in [6.07, 6.45) is 0.956. The van der Waals surface area contributed by atoms with Gasteiger partial charge in [0.15, 0.2) is 0 Å². The van der Waals surface area contributed by atoms with E-state index in [1.165, 1.54) is 16.5 Å². The minimum atomic E-state index is -0.429. The van der Waals surface area contributed by atoms with E-state index < -0.39 is 5.82 Å². The number of halogens is 2. The highest BCUT2D eigenvalue weighted by Gasteiger charge is 2.18. The molecular formula is C17H17ClFNO. The highest BCUT2D eigenvalue weighted by Crippen LogP contribution is 2.22. The van der Waals surface area contributed by atoms with Crippen molar-refractivity contribution in [3.8, 4) is 0 Å². The molecule has 2 rings (SSSR count). The second-order valence-electron chi connectivity index (χ2n) is 4.73. The van der Waals surface area contributed by atoms with E-state index in [9.17, 15) is 9.18 Å². The number of rotatable bonds is 5. The Hall–Kier alpha value is -1.87. The van der Waals surface area contributed by atoms with Crippen LogP contribution in [0.25, 0.3) is 0 Å². The number of aryl methyl sites for hydroxylation is 1. The van der Waals surface area contributed by atoms with Crippen LogP contribution in [-0.2, 0) is 17.8 Å². The SMILES string of the molecule is CCc1ccc(CN(C(=O)CCl)c2ccccc2F)cc1. The zero-order chi connectivity index (χ0) is 15.2. The van der Waals surface area contributed by atoms with Gasteiger partial charge in [-0.05, 0) is 29.7 Å². The first kappa shape index (κ1) is 15.5. The summed E-state index contributed by atoms with van der Waals surface area (Å²) >= 11 is 5.65. The van der Waals surface area contributed by atoms with Gasteiger partial charge in [-0.1, -0.05) is 43.3 Å². The maximum Gasteiger partial charge on any atom is 0.242 e. The molecule has 4 heteroatoms. The van der Waals surface area contributed by atoms with Crippen LogP contribution >= 0.6 is 11.6 Å². The molecule has 0 aromatic heterocycles. The zero-order valence-electron chi connectivity index (χ0n) is 11.9. The third-order valence-electron chi connectivity index (χ3n) is 3.33. The number of anilines is 1. The van der Waals surface area contributed by atoms with Gasteiger partial charge in [-0.15, -0.1) is 11.6 Å². The van der Waals surface area contributed by atoms with E-state index in [4.69, 9.17) is 11.6 Å². The van der Waals surface area contributed by atoms with Crippen LogP contribution in [0.3, 0.4) is 0 Å². The number of amides is 1. The Labute approximate surface area is 129 Å². The van der Waals surface area contributed by atoms with Crippen LogP contribution in [0.15, 0.2) is 48.5 Å². The molecule has 0 aliphatic carbocycles. The molecule has 2 aromatic carbocycles. The van der Waals surface area contributed by atoms with Crippen molar-refractivity contribution in [2.75, 3.05) is 10.8 Å². The predicted octanol–water partition coefficient (Wildman–Crippen LogP) is 4.16. The van der Waals surface area contributed by atoms with Gasteiger partial charge in [0.05, 0.1) is 12.2 Å². The molecular weight excluding hydrogens is 289 g/mol. The lowest BCUT2D eigenvalue weighted by Crippen LogP contribution is -2.32. The van der Waals surface area contributed by atoms with Crippen LogP contribution < -0.4 is 4.90 Å². The number of carbonyl (C=O) groups excluding carboxylic acids is 1. The molecule has 110 valence electrons. The van der Waals surface area contributed by atoms with Gasteiger partial charge in [-0.2, -0.15) is 0 Å². The molecule has 0 atom stereocenters. The van der Waals surface area contributed by atoms with Crippen molar-refractivity contribution in [2.24, 2.45) is 0 Å². The molecule has 0 heterocycles. The summed E-state index contributed by atoms with van der Waals surface area (Å²) in [5.74, 6) is -0.927. The fourth-order valence-corrected chi connectivity index (χ4v) is 2.26. The highest BCUT2D eigenvalue weighted by molar-refractivity contribution is 6.29. The Bertz CT molecular complexity index is 612. The number of alkyl halides is 1. The van der Waals surface area contributed by atoms with E-state index in [1.807, 2.05) is 24.3 Å². The van der Waals surface area contributed by atoms with Crippen LogP contribution in [-0.4, -0.2) is 11.8 Å². The smallest absolute Gasteiger partial charge is 0.242 e. The average Bonchev–Trinajstić information content (AvgIpc) is 2.53. The second-order valence-corrected chi connectivity index (χ2v) is 5.00. The molecule has 0 unspecified atom stereocenters. The molecule has 0 aliphatic heterocycles. The molecule has 21 heavy (non-hydrogen) atoms. The molecule has 1 amide bonds. The van der Waals surface area contributed by atoms with Crippen molar-refractivity contribution in [3.63, 3.8) is 0 Å². The fraction of sp³-hybridized carbons (Fsp3) is 0.235. The molecule has 0 fully saturated rings. The lowest BCUT2D eigenvalue weighted by Gasteiger charge is -2.22. The van der Waals surface area contributed by atoms with Gasteiger partial charge in [-0.3, -0.25) is 4.79 Å². The minimum absolute atomic E-state index is 0.179. The summed E-state index contributed by atoms with van der Waals surface area (Å²) in [4.78, 5) is 13.4. The van der Waals surface area contributed by atoms with Crippen molar-refractivity contribution < 1.29 is 9.18 Å². The Morgan fingerprint density at radius 3 is 2.29 bits per heavy atom. The summed E-state index contributed by atoms with van der Waals surface area (Å²) < 4.78 is 13.9. The minimum Gasteiger partial charge on any atom is -0.304 e. The van der Waals surface area contributed by atoms with Crippen molar-refractivity contribution in [3.05, 3.63) is 65.5 Å². The van der Waals surface area contributed by atoms with Gasteiger partial charge in [0.1, 0.15) is 11.7 Å². The van der Waals surface area contributed by atoms with Gasteiger partial charge in [0, 0.05) is 0 Å². The molecule has 0 aliphatic rings. The summed E-state index contributed by atoms with van der Waals surface area (Å²) in [5.41, 5.74) is 2.41. The summed E-state index contributed by atoms with van der Waals surface area (Å²) in [6, 6.07) is 14.2. The van der Waals surface area contributed by atoms with Gasteiger partial charge < -0.3 is 4.90 Å². The average molecular weight is 306 g/mol. The van der Waals surface area contributed by atoms with Gasteiger partial charge in [-0.25, -0.2) is 4.39 Å². The van der Waals surface area contributed by atoms with E-state index >= 15 is 0 Å². The number of para-hydroxylation sites is 1. The van der Waals surface area contributed by atoms with Gasteiger partial charge >= 0.3 is 0 Å². The molecule has 0 spiro atoms. The monoisotopic (exact) mass is 305 g/mol. The van der Waals surface area contributed by atoms with Crippen molar-refractivity contribution in [1.29, 1.82) is 0 Å². The first-order valence-electron chi connectivity index (χ1n) is 6.84. The predicted molar refractivity (Wildman–Crippen MR) is 84.1 cm³/mol. The third kappa shape index (κ3) is 3.82. The quantitative estimate of drug-likeness (QED) is 0.760. The fourth-order valence-electron chi connectivity index (χ4n) is 2.11. The van der Waals surface area contributed by atoms with Crippen molar-refractivity contribution in [2.45, 2.75) is 19.9 Å². The van der Waals surface area contributed by atoms with E-state index in [0.717, 1.165) is 12.0 Å². The molecule has 0 bridgehead atoms. The first-order valence-corrected chi connectivity index (χ1v) is 7.37. The molecule has 2 aromatic rings. The first-order chi connectivity index (χ1) is 10.2. The summed E-state index contributed by atoms with van der Waals surface area (Å²) in [5, 5.41) is 0. The summed E-state index contributed by atoms with van der Waals surface area (Å²) in [7, 11) is 0. The van der Waals surface area contributed by atoms with Crippen LogP contribution in [0.5, 0.6) is 0 Å². The second kappa shape index (κ2) is 7.23. The van der Waals surface area contributed by atoms with Crippen LogP contribution in [0.1, 0.15) is 18.1 Å². The Kier molecular flexibility index (Phi) is 5.34. The Morgan fingerprint density at radius 2 is 1.71 bits per heavy atom. The maximum absolute atomic E-state index is 13.9. The molecule has 0 radical (unpaired) electrons. The van der Waals surface area contributed by atoms with Crippen molar-refractivity contribution >= 4 is 23.2 Å². The van der Waals surface area contributed by atoms with Crippen LogP contribution in [0, 0.1) is 5.82 Å². The largest absolute Gasteiger partial charge is 0.304 e. The topological polar surface area (TPSA) is 20.3 Å². The van der Waals surface area contributed by atoms with Crippen molar-refractivity contribution in [1.82, 2.24) is 0 Å². The van der Waals surface area contributed by atoms with Gasteiger partial charge in [0.2, 0.25) is 5.91 Å². The Balaban J connectivity index is 2.28. The third-order valence-corrected chi connectivity index (χ3v) is 3.56. The number of benzene rings is 2. The highest BCUT2D eigenvalue weighted by atomic mass is 35.5. The lowest BCUT2D eigenvalue weighted by molar-refractivity contribution is -0.116. The number of hydrogen-bond donors (Lipinski definition) is 0. The number of nitrogens with zero attached hydrogens (tertiary/aromatic N) is 1. The van der Waals surface area contributed by atoms with Crippen LogP contribution in [0.2, 0.25) is 0 Å². The molecule has 0 N–H and O–H groups in total. The van der Waals surface area contributed by atoms with Gasteiger partial charge in [0.25, 0.3) is 0 Å². The lowest BCUT2D eigenvalue weighted by atomic mass is 10.1. The molecule has 2 nitrogen and oxygen atoms in total. The Morgan fingerprint density at radius 1 is 1.10 bits per heavy atom. The normalized spacial score (nSPS) is 10.4. The zero-order valence-corrected chi connectivity index (χ0v) is 12.6.